The van der Waals surface area contributed by atoms with Crippen molar-refractivity contribution in [2.24, 2.45) is 0 Å². The first kappa shape index (κ1) is 17.5. The Bertz CT molecular complexity index is 856. The summed E-state index contributed by atoms with van der Waals surface area (Å²) in [6, 6.07) is 14.1. The number of hydrogen-bond acceptors (Lipinski definition) is 3. The zero-order valence-corrected chi connectivity index (χ0v) is 15.2. The smallest absolute Gasteiger partial charge is 0.283 e. The highest BCUT2D eigenvalue weighted by molar-refractivity contribution is 6.53. The first-order chi connectivity index (χ1) is 11.9. The summed E-state index contributed by atoms with van der Waals surface area (Å²) in [5.41, 5.74) is 2.36. The molecule has 0 radical (unpaired) electrons. The van der Waals surface area contributed by atoms with Crippen LogP contribution in [0.4, 0.5) is 11.4 Å². The second-order valence-corrected chi connectivity index (χ2v) is 6.83. The highest BCUT2D eigenvalue weighted by atomic mass is 35.5. The quantitative estimate of drug-likeness (QED) is 0.774. The first-order valence-corrected chi connectivity index (χ1v) is 8.55. The third-order valence-electron chi connectivity index (χ3n) is 3.96. The molecule has 0 unspecified atom stereocenters. The van der Waals surface area contributed by atoms with Crippen LogP contribution in [0.25, 0.3) is 0 Å². The maximum Gasteiger partial charge on any atom is 0.283 e. The molecule has 1 aliphatic rings. The van der Waals surface area contributed by atoms with Gasteiger partial charge in [0.05, 0.1) is 5.69 Å². The summed E-state index contributed by atoms with van der Waals surface area (Å²) in [4.78, 5) is 26.1. The van der Waals surface area contributed by atoms with Crippen LogP contribution >= 0.6 is 23.2 Å². The lowest BCUT2D eigenvalue weighted by molar-refractivity contribution is -0.120. The van der Waals surface area contributed by atoms with E-state index in [0.29, 0.717) is 22.3 Å². The second-order valence-electron chi connectivity index (χ2n) is 6.01. The van der Waals surface area contributed by atoms with Crippen LogP contribution in [0.5, 0.6) is 0 Å². The van der Waals surface area contributed by atoms with Crippen LogP contribution in [0.3, 0.4) is 0 Å². The average molecular weight is 375 g/mol. The molecule has 0 spiro atoms. The van der Waals surface area contributed by atoms with Crippen molar-refractivity contribution in [1.82, 2.24) is 0 Å². The number of amides is 2. The van der Waals surface area contributed by atoms with Gasteiger partial charge in [0.1, 0.15) is 10.7 Å². The van der Waals surface area contributed by atoms with Gasteiger partial charge in [-0.25, -0.2) is 4.90 Å². The van der Waals surface area contributed by atoms with Crippen molar-refractivity contribution in [3.63, 3.8) is 0 Å². The molecule has 4 nitrogen and oxygen atoms in total. The summed E-state index contributed by atoms with van der Waals surface area (Å²) in [6.45, 7) is 4.20. The Kier molecular flexibility index (Phi) is 4.84. The minimum Gasteiger partial charge on any atom is -0.350 e. The zero-order chi connectivity index (χ0) is 18.1. The Hall–Kier alpha value is -2.30. The van der Waals surface area contributed by atoms with Crippen molar-refractivity contribution in [3.05, 3.63) is 69.8 Å². The third kappa shape index (κ3) is 3.41. The van der Waals surface area contributed by atoms with Crippen molar-refractivity contribution < 1.29 is 9.59 Å². The molecule has 0 aliphatic carbocycles. The van der Waals surface area contributed by atoms with Gasteiger partial charge in [-0.15, -0.1) is 0 Å². The average Bonchev–Trinajstić information content (AvgIpc) is 2.80. The lowest BCUT2D eigenvalue weighted by Crippen LogP contribution is -2.32. The van der Waals surface area contributed by atoms with Crippen molar-refractivity contribution in [2.75, 3.05) is 10.2 Å². The first-order valence-electron chi connectivity index (χ1n) is 7.79. The number of carbonyl (C=O) groups excluding carboxylic acids is 2. The SMILES string of the molecule is CC(C)c1ccc(NC2=C(Cl)C(=O)N(c3ccc(Cl)cc3)C2=O)cc1. The van der Waals surface area contributed by atoms with E-state index in [1.165, 1.54) is 5.56 Å². The maximum atomic E-state index is 12.7. The van der Waals surface area contributed by atoms with Crippen molar-refractivity contribution in [3.8, 4) is 0 Å². The molecule has 2 aromatic carbocycles. The molecule has 0 fully saturated rings. The summed E-state index contributed by atoms with van der Waals surface area (Å²) in [6.07, 6.45) is 0. The number of rotatable bonds is 4. The van der Waals surface area contributed by atoms with Crippen molar-refractivity contribution >= 4 is 46.4 Å². The molecule has 1 aliphatic heterocycles. The fourth-order valence-electron chi connectivity index (χ4n) is 2.53. The molecule has 3 rings (SSSR count). The third-order valence-corrected chi connectivity index (χ3v) is 4.56. The Morgan fingerprint density at radius 1 is 0.880 bits per heavy atom. The van der Waals surface area contributed by atoms with Gasteiger partial charge < -0.3 is 5.32 Å². The monoisotopic (exact) mass is 374 g/mol. The molecule has 2 aromatic rings. The van der Waals surface area contributed by atoms with Gasteiger partial charge in [0.15, 0.2) is 0 Å². The normalized spacial score (nSPS) is 14.7. The van der Waals surface area contributed by atoms with Crippen LogP contribution in [0.15, 0.2) is 59.3 Å². The molecule has 6 heteroatoms. The molecule has 0 bridgehead atoms. The van der Waals surface area contributed by atoms with E-state index in [1.807, 2.05) is 24.3 Å². The predicted molar refractivity (Wildman–Crippen MR) is 101 cm³/mol. The highest BCUT2D eigenvalue weighted by Crippen LogP contribution is 2.31. The number of imide groups is 1. The van der Waals surface area contributed by atoms with Crippen molar-refractivity contribution in [1.29, 1.82) is 0 Å². The minimum absolute atomic E-state index is 0.0684. The summed E-state index contributed by atoms with van der Waals surface area (Å²) in [5, 5.41) is 3.35. The molecule has 0 saturated carbocycles. The summed E-state index contributed by atoms with van der Waals surface area (Å²) >= 11 is 12.0. The Morgan fingerprint density at radius 3 is 2.04 bits per heavy atom. The standard InChI is InChI=1S/C19H16Cl2N2O2/c1-11(2)12-3-7-14(8-4-12)22-17-16(21)18(24)23(19(17)25)15-9-5-13(20)6-10-15/h3-11,22H,1-2H3. The van der Waals surface area contributed by atoms with Crippen LogP contribution in [-0.4, -0.2) is 11.8 Å². The van der Waals surface area contributed by atoms with E-state index in [-0.39, 0.29) is 10.7 Å². The van der Waals surface area contributed by atoms with Crippen LogP contribution in [0.1, 0.15) is 25.3 Å². The highest BCUT2D eigenvalue weighted by Gasteiger charge is 2.38. The number of carbonyl (C=O) groups is 2. The number of anilines is 2. The Balaban J connectivity index is 1.85. The molecule has 0 saturated heterocycles. The van der Waals surface area contributed by atoms with E-state index in [1.54, 1.807) is 24.3 Å². The van der Waals surface area contributed by atoms with Crippen LogP contribution in [0, 0.1) is 0 Å². The van der Waals surface area contributed by atoms with Gasteiger partial charge in [-0.2, -0.15) is 0 Å². The number of halogens is 2. The minimum atomic E-state index is -0.560. The number of hydrogen-bond donors (Lipinski definition) is 1. The van der Waals surface area contributed by atoms with Gasteiger partial charge in [0.2, 0.25) is 0 Å². The maximum absolute atomic E-state index is 12.7. The summed E-state index contributed by atoms with van der Waals surface area (Å²) < 4.78 is 0. The molecule has 0 aromatic heterocycles. The van der Waals surface area contributed by atoms with E-state index in [0.717, 1.165) is 4.90 Å². The Morgan fingerprint density at radius 2 is 1.48 bits per heavy atom. The van der Waals surface area contributed by atoms with Gasteiger partial charge in [0.25, 0.3) is 11.8 Å². The largest absolute Gasteiger partial charge is 0.350 e. The zero-order valence-electron chi connectivity index (χ0n) is 13.7. The van der Waals surface area contributed by atoms with Crippen molar-refractivity contribution in [2.45, 2.75) is 19.8 Å². The van der Waals surface area contributed by atoms with E-state index in [4.69, 9.17) is 23.2 Å². The fraction of sp³-hybridized carbons (Fsp3) is 0.158. The number of benzene rings is 2. The number of nitrogens with zero attached hydrogens (tertiary/aromatic N) is 1. The fourth-order valence-corrected chi connectivity index (χ4v) is 2.87. The molecule has 1 heterocycles. The van der Waals surface area contributed by atoms with Crippen LogP contribution in [0.2, 0.25) is 5.02 Å². The van der Waals surface area contributed by atoms with E-state index >= 15 is 0 Å². The van der Waals surface area contributed by atoms with Crippen LogP contribution < -0.4 is 10.2 Å². The van der Waals surface area contributed by atoms with Gasteiger partial charge in [-0.3, -0.25) is 9.59 Å². The molecule has 2 amide bonds. The van der Waals surface area contributed by atoms with Crippen LogP contribution in [-0.2, 0) is 9.59 Å². The molecular weight excluding hydrogens is 359 g/mol. The Labute approximate surface area is 156 Å². The predicted octanol–water partition coefficient (Wildman–Crippen LogP) is 4.90. The molecule has 1 N–H and O–H groups in total. The van der Waals surface area contributed by atoms with E-state index in [2.05, 4.69) is 19.2 Å². The molecular formula is C19H16Cl2N2O2. The summed E-state index contributed by atoms with van der Waals surface area (Å²) in [7, 11) is 0. The van der Waals surface area contributed by atoms with E-state index < -0.39 is 11.8 Å². The van der Waals surface area contributed by atoms with Gasteiger partial charge in [-0.1, -0.05) is 49.2 Å². The molecule has 128 valence electrons. The topological polar surface area (TPSA) is 49.4 Å². The van der Waals surface area contributed by atoms with Gasteiger partial charge in [-0.05, 0) is 47.9 Å². The molecule has 25 heavy (non-hydrogen) atoms. The van der Waals surface area contributed by atoms with Gasteiger partial charge >= 0.3 is 0 Å². The molecule has 0 atom stereocenters. The number of nitrogens with one attached hydrogen (secondary N) is 1. The summed E-state index contributed by atoms with van der Waals surface area (Å²) in [5.74, 6) is -0.646. The lowest BCUT2D eigenvalue weighted by Gasteiger charge is -2.15. The second kappa shape index (κ2) is 6.90. The van der Waals surface area contributed by atoms with Gasteiger partial charge in [0, 0.05) is 10.7 Å². The lowest BCUT2D eigenvalue weighted by atomic mass is 10.0. The van der Waals surface area contributed by atoms with E-state index in [9.17, 15) is 9.59 Å².